The molecule has 10 heteroatoms. The van der Waals surface area contributed by atoms with Crippen LogP contribution in [-0.4, -0.2) is 73.7 Å². The van der Waals surface area contributed by atoms with E-state index in [4.69, 9.17) is 15.9 Å². The van der Waals surface area contributed by atoms with E-state index in [1.165, 1.54) is 12.4 Å². The lowest BCUT2D eigenvalue weighted by molar-refractivity contribution is 0.0395. The number of morpholine rings is 1. The number of amides is 1. The van der Waals surface area contributed by atoms with E-state index in [-0.39, 0.29) is 24.1 Å². The van der Waals surface area contributed by atoms with Crippen molar-refractivity contribution in [3.05, 3.63) is 68.3 Å². The van der Waals surface area contributed by atoms with Gasteiger partial charge in [-0.3, -0.25) is 19.5 Å². The average molecular weight is 548 g/mol. The molecule has 2 aliphatic rings. The third-order valence-corrected chi connectivity index (χ3v) is 7.60. The molecule has 2 fully saturated rings. The standard InChI is InChI=1S/C30H41N7O3/c1-20-13-21(2)35-30(39)27(20)19-34-29(38)25-14-22(15-28(26(25)17-32)36-24-5-3-4-6-24)23(16-31)18-33-7-8-37-9-11-40-12-10-37/h13-18,24,32,36H,3-12,19,31H2,1-2H3,(H,34,38)(H,35,39). The quantitative estimate of drug-likeness (QED) is 0.273. The maximum Gasteiger partial charge on any atom is 0.253 e. The van der Waals surface area contributed by atoms with Gasteiger partial charge in [0.1, 0.15) is 0 Å². The fourth-order valence-corrected chi connectivity index (χ4v) is 5.34. The first-order valence-electron chi connectivity index (χ1n) is 14.0. The summed E-state index contributed by atoms with van der Waals surface area (Å²) in [5, 5.41) is 14.6. The largest absolute Gasteiger partial charge is 0.404 e. The Kier molecular flexibility index (Phi) is 10.3. The molecule has 1 amide bonds. The molecule has 0 atom stereocenters. The lowest BCUT2D eigenvalue weighted by atomic mass is 9.97. The summed E-state index contributed by atoms with van der Waals surface area (Å²) in [5.41, 5.74) is 10.9. The molecule has 0 spiro atoms. The SMILES string of the molecule is Cc1cc(C)c(CNC(=O)c2cc(C(C=NCCN3CCOCC3)=CN)cc(NC3CCCC3)c2C=N)c(=O)[nH]1. The number of nitrogens with zero attached hydrogens (tertiary/aromatic N) is 2. The first-order chi connectivity index (χ1) is 19.4. The van der Waals surface area contributed by atoms with Gasteiger partial charge >= 0.3 is 0 Å². The molecule has 1 saturated carbocycles. The Bertz CT molecular complexity index is 1320. The van der Waals surface area contributed by atoms with Gasteiger partial charge in [0, 0.05) is 78.9 Å². The van der Waals surface area contributed by atoms with Gasteiger partial charge in [0.25, 0.3) is 11.5 Å². The van der Waals surface area contributed by atoms with Crippen LogP contribution in [0.3, 0.4) is 0 Å². The highest BCUT2D eigenvalue weighted by atomic mass is 16.5. The summed E-state index contributed by atoms with van der Waals surface area (Å²) >= 11 is 0. The number of rotatable bonds is 11. The highest BCUT2D eigenvalue weighted by Crippen LogP contribution is 2.29. The zero-order chi connectivity index (χ0) is 28.5. The minimum absolute atomic E-state index is 0.0793. The zero-order valence-electron chi connectivity index (χ0n) is 23.5. The number of carbonyl (C=O) groups excluding carboxylic acids is 1. The first-order valence-corrected chi connectivity index (χ1v) is 14.0. The number of nitrogens with one attached hydrogen (secondary N) is 4. The fraction of sp³-hybridized carbons (Fsp3) is 0.467. The number of H-pyrrole nitrogens is 1. The van der Waals surface area contributed by atoms with Crippen molar-refractivity contribution >= 4 is 29.6 Å². The first kappa shape index (κ1) is 29.2. The van der Waals surface area contributed by atoms with E-state index >= 15 is 0 Å². The Hall–Kier alpha value is -3.76. The van der Waals surface area contributed by atoms with Crippen molar-refractivity contribution in [1.29, 1.82) is 5.41 Å². The molecule has 2 aromatic rings. The van der Waals surface area contributed by atoms with Crippen LogP contribution in [0.2, 0.25) is 0 Å². The molecule has 0 unspecified atom stereocenters. The van der Waals surface area contributed by atoms with Gasteiger partial charge in [0.15, 0.2) is 0 Å². The van der Waals surface area contributed by atoms with Crippen LogP contribution < -0.4 is 21.9 Å². The molecular weight excluding hydrogens is 506 g/mol. The van der Waals surface area contributed by atoms with Crippen molar-refractivity contribution in [3.63, 3.8) is 0 Å². The molecule has 1 aliphatic carbocycles. The van der Waals surface area contributed by atoms with Gasteiger partial charge in [-0.2, -0.15) is 0 Å². The molecule has 6 N–H and O–H groups in total. The third kappa shape index (κ3) is 7.45. The third-order valence-electron chi connectivity index (χ3n) is 7.60. The van der Waals surface area contributed by atoms with Crippen molar-refractivity contribution in [2.45, 2.75) is 52.1 Å². The maximum absolute atomic E-state index is 13.5. The van der Waals surface area contributed by atoms with Crippen LogP contribution in [0, 0.1) is 19.3 Å². The van der Waals surface area contributed by atoms with E-state index < -0.39 is 0 Å². The number of aromatic amines is 1. The number of benzene rings is 1. The van der Waals surface area contributed by atoms with Gasteiger partial charge < -0.3 is 31.5 Å². The number of aliphatic imine (C=N–C) groups is 1. The monoisotopic (exact) mass is 547 g/mol. The predicted octanol–water partition coefficient (Wildman–Crippen LogP) is 2.98. The van der Waals surface area contributed by atoms with Gasteiger partial charge in [0.05, 0.1) is 25.3 Å². The highest BCUT2D eigenvalue weighted by Gasteiger charge is 2.21. The van der Waals surface area contributed by atoms with Gasteiger partial charge in [-0.15, -0.1) is 0 Å². The van der Waals surface area contributed by atoms with Crippen molar-refractivity contribution in [3.8, 4) is 0 Å². The number of ether oxygens (including phenoxy) is 1. The second-order valence-electron chi connectivity index (χ2n) is 10.5. The average Bonchev–Trinajstić information content (AvgIpc) is 3.45. The topological polar surface area (TPSA) is 149 Å². The second-order valence-corrected chi connectivity index (χ2v) is 10.5. The molecule has 4 rings (SSSR count). The molecular formula is C30H41N7O3. The van der Waals surface area contributed by atoms with E-state index in [2.05, 4.69) is 25.5 Å². The summed E-state index contributed by atoms with van der Waals surface area (Å²) in [7, 11) is 0. The predicted molar refractivity (Wildman–Crippen MR) is 161 cm³/mol. The molecule has 0 radical (unpaired) electrons. The minimum atomic E-state index is -0.366. The van der Waals surface area contributed by atoms with Crippen LogP contribution >= 0.6 is 0 Å². The number of hydrogen-bond donors (Lipinski definition) is 5. The summed E-state index contributed by atoms with van der Waals surface area (Å²) in [4.78, 5) is 35.7. The lowest BCUT2D eigenvalue weighted by Crippen LogP contribution is -2.37. The number of aryl methyl sites for hydroxylation is 2. The summed E-state index contributed by atoms with van der Waals surface area (Å²) in [6, 6.07) is 5.85. The zero-order valence-corrected chi connectivity index (χ0v) is 23.5. The van der Waals surface area contributed by atoms with Crippen LogP contribution in [0.25, 0.3) is 5.57 Å². The molecule has 0 bridgehead atoms. The number of anilines is 1. The number of hydrogen-bond acceptors (Lipinski definition) is 8. The van der Waals surface area contributed by atoms with Crippen LogP contribution in [0.1, 0.15) is 64.0 Å². The van der Waals surface area contributed by atoms with Gasteiger partial charge in [-0.25, -0.2) is 0 Å². The molecule has 1 aromatic carbocycles. The van der Waals surface area contributed by atoms with Crippen molar-refractivity contribution < 1.29 is 9.53 Å². The number of aromatic nitrogens is 1. The molecule has 10 nitrogen and oxygen atoms in total. The number of allylic oxidation sites excluding steroid dienone is 1. The van der Waals surface area contributed by atoms with Crippen molar-refractivity contribution in [2.75, 3.05) is 44.7 Å². The normalized spacial score (nSPS) is 16.9. The molecule has 214 valence electrons. The van der Waals surface area contributed by atoms with Crippen LogP contribution in [0.15, 0.2) is 34.2 Å². The van der Waals surface area contributed by atoms with Gasteiger partial charge in [0.2, 0.25) is 0 Å². The molecule has 2 heterocycles. The highest BCUT2D eigenvalue weighted by molar-refractivity contribution is 6.12. The van der Waals surface area contributed by atoms with E-state index in [1.807, 2.05) is 26.0 Å². The maximum atomic E-state index is 13.5. The molecule has 1 aliphatic heterocycles. The Morgan fingerprint density at radius 3 is 2.65 bits per heavy atom. The van der Waals surface area contributed by atoms with Gasteiger partial charge in [-0.05, 0) is 56.0 Å². The van der Waals surface area contributed by atoms with E-state index in [9.17, 15) is 9.59 Å². The minimum Gasteiger partial charge on any atom is -0.404 e. The van der Waals surface area contributed by atoms with Gasteiger partial charge in [-0.1, -0.05) is 12.8 Å². The van der Waals surface area contributed by atoms with Crippen LogP contribution in [-0.2, 0) is 11.3 Å². The number of carbonyl (C=O) groups is 1. The smallest absolute Gasteiger partial charge is 0.253 e. The summed E-state index contributed by atoms with van der Waals surface area (Å²) in [6.07, 6.45) is 8.84. The lowest BCUT2D eigenvalue weighted by Gasteiger charge is -2.25. The Balaban J connectivity index is 1.59. The molecule has 1 saturated heterocycles. The van der Waals surface area contributed by atoms with Crippen LogP contribution in [0.5, 0.6) is 0 Å². The molecule has 1 aromatic heterocycles. The van der Waals surface area contributed by atoms with Crippen molar-refractivity contribution in [2.24, 2.45) is 10.7 Å². The number of pyridine rings is 1. The Labute approximate surface area is 235 Å². The summed E-state index contributed by atoms with van der Waals surface area (Å²) < 4.78 is 5.41. The van der Waals surface area contributed by atoms with Crippen molar-refractivity contribution in [1.82, 2.24) is 15.2 Å². The Morgan fingerprint density at radius 2 is 1.98 bits per heavy atom. The second kappa shape index (κ2) is 14.0. The fourth-order valence-electron chi connectivity index (χ4n) is 5.34. The molecule has 40 heavy (non-hydrogen) atoms. The van der Waals surface area contributed by atoms with E-state index in [0.29, 0.717) is 28.8 Å². The van der Waals surface area contributed by atoms with E-state index in [0.717, 1.165) is 81.0 Å². The van der Waals surface area contributed by atoms with Crippen LogP contribution in [0.4, 0.5) is 5.69 Å². The Morgan fingerprint density at radius 1 is 1.23 bits per heavy atom. The van der Waals surface area contributed by atoms with E-state index in [1.54, 1.807) is 12.3 Å². The number of nitrogens with two attached hydrogens (primary N) is 1. The summed E-state index contributed by atoms with van der Waals surface area (Å²) in [6.45, 7) is 8.53. The summed E-state index contributed by atoms with van der Waals surface area (Å²) in [5.74, 6) is -0.366.